The molecule has 1 aromatic rings. The molecule has 0 aromatic carbocycles. The van der Waals surface area contributed by atoms with Gasteiger partial charge in [-0.25, -0.2) is 4.98 Å². The number of aromatic amines is 1. The maximum atomic E-state index is 12.1. The van der Waals surface area contributed by atoms with Crippen LogP contribution in [-0.2, 0) is 5.41 Å². The van der Waals surface area contributed by atoms with E-state index in [4.69, 9.17) is 5.73 Å². The van der Waals surface area contributed by atoms with E-state index < -0.39 is 0 Å². The molecule has 2 unspecified atom stereocenters. The molecule has 0 spiro atoms. The van der Waals surface area contributed by atoms with Crippen LogP contribution in [0.3, 0.4) is 0 Å². The van der Waals surface area contributed by atoms with Crippen LogP contribution in [0.1, 0.15) is 62.9 Å². The van der Waals surface area contributed by atoms with Crippen LogP contribution in [0.15, 0.2) is 0 Å². The van der Waals surface area contributed by atoms with Gasteiger partial charge in [-0.1, -0.05) is 33.6 Å². The Morgan fingerprint density at radius 3 is 2.63 bits per heavy atom. The first-order chi connectivity index (χ1) is 8.88. The second-order valence-electron chi connectivity index (χ2n) is 6.29. The van der Waals surface area contributed by atoms with Gasteiger partial charge in [0.15, 0.2) is 0 Å². The Morgan fingerprint density at radius 2 is 2.05 bits per heavy atom. The van der Waals surface area contributed by atoms with Crippen molar-refractivity contribution in [2.45, 2.75) is 64.0 Å². The molecule has 19 heavy (non-hydrogen) atoms. The monoisotopic (exact) mass is 265 g/mol. The molecule has 6 nitrogen and oxygen atoms in total. The zero-order chi connectivity index (χ0) is 14.0. The average molecular weight is 265 g/mol. The normalized spacial score (nSPS) is 24.2. The van der Waals surface area contributed by atoms with Crippen molar-refractivity contribution in [3.63, 3.8) is 0 Å². The van der Waals surface area contributed by atoms with Crippen molar-refractivity contribution < 1.29 is 4.79 Å². The molecule has 1 amide bonds. The molecule has 2 atom stereocenters. The molecular weight excluding hydrogens is 242 g/mol. The van der Waals surface area contributed by atoms with E-state index in [-0.39, 0.29) is 29.2 Å². The Kier molecular flexibility index (Phi) is 3.89. The van der Waals surface area contributed by atoms with Crippen molar-refractivity contribution in [3.05, 3.63) is 11.6 Å². The summed E-state index contributed by atoms with van der Waals surface area (Å²) in [4.78, 5) is 16.3. The van der Waals surface area contributed by atoms with Crippen LogP contribution < -0.4 is 11.1 Å². The molecular formula is C13H23N5O. The summed E-state index contributed by atoms with van der Waals surface area (Å²) in [5, 5.41) is 9.75. The van der Waals surface area contributed by atoms with Gasteiger partial charge in [0.05, 0.1) is 0 Å². The summed E-state index contributed by atoms with van der Waals surface area (Å²) in [6.07, 6.45) is 4.15. The second-order valence-corrected chi connectivity index (χ2v) is 6.29. The predicted octanol–water partition coefficient (Wildman–Crippen LogP) is 1.10. The molecule has 1 heterocycles. The highest BCUT2D eigenvalue weighted by Crippen LogP contribution is 2.19. The Bertz CT molecular complexity index is 448. The van der Waals surface area contributed by atoms with E-state index in [1.165, 1.54) is 0 Å². The quantitative estimate of drug-likeness (QED) is 0.746. The van der Waals surface area contributed by atoms with Gasteiger partial charge in [-0.2, -0.15) is 0 Å². The minimum atomic E-state index is -0.242. The van der Waals surface area contributed by atoms with Crippen LogP contribution in [0, 0.1) is 0 Å². The van der Waals surface area contributed by atoms with Crippen molar-refractivity contribution in [2.24, 2.45) is 5.73 Å². The third-order valence-electron chi connectivity index (χ3n) is 3.53. The molecule has 4 N–H and O–H groups in total. The molecule has 1 fully saturated rings. The lowest BCUT2D eigenvalue weighted by molar-refractivity contribution is 0.0911. The summed E-state index contributed by atoms with van der Waals surface area (Å²) in [6.45, 7) is 6.06. The van der Waals surface area contributed by atoms with E-state index in [0.717, 1.165) is 25.7 Å². The van der Waals surface area contributed by atoms with Crippen LogP contribution in [0.2, 0.25) is 0 Å². The van der Waals surface area contributed by atoms with E-state index >= 15 is 0 Å². The lowest BCUT2D eigenvalue weighted by Gasteiger charge is -2.28. The molecule has 0 saturated heterocycles. The van der Waals surface area contributed by atoms with Gasteiger partial charge < -0.3 is 11.1 Å². The standard InChI is InChI=1S/C13H23N5O/c1-13(2,3)12-16-10(17-18-12)11(19)15-9-7-5-4-6-8(9)14/h8-9H,4-7,14H2,1-3H3,(H,15,19)(H,16,17,18). The minimum absolute atomic E-state index is 0.0397. The van der Waals surface area contributed by atoms with Crippen LogP contribution in [0.5, 0.6) is 0 Å². The number of H-pyrrole nitrogens is 1. The Labute approximate surface area is 113 Å². The van der Waals surface area contributed by atoms with Gasteiger partial charge in [-0.3, -0.25) is 9.89 Å². The maximum Gasteiger partial charge on any atom is 0.291 e. The topological polar surface area (TPSA) is 96.7 Å². The zero-order valence-electron chi connectivity index (χ0n) is 11.9. The molecule has 2 rings (SSSR count). The fraction of sp³-hybridized carbons (Fsp3) is 0.769. The van der Waals surface area contributed by atoms with Crippen LogP contribution >= 0.6 is 0 Å². The third kappa shape index (κ3) is 3.32. The summed E-state index contributed by atoms with van der Waals surface area (Å²) >= 11 is 0. The predicted molar refractivity (Wildman–Crippen MR) is 72.8 cm³/mol. The van der Waals surface area contributed by atoms with Gasteiger partial charge in [0.2, 0.25) is 5.82 Å². The zero-order valence-corrected chi connectivity index (χ0v) is 11.9. The first-order valence-corrected chi connectivity index (χ1v) is 6.87. The van der Waals surface area contributed by atoms with E-state index in [1.807, 2.05) is 20.8 Å². The molecule has 106 valence electrons. The van der Waals surface area contributed by atoms with Gasteiger partial charge in [0.25, 0.3) is 5.91 Å². The maximum absolute atomic E-state index is 12.1. The van der Waals surface area contributed by atoms with E-state index in [9.17, 15) is 4.79 Å². The molecule has 1 aromatic heterocycles. The van der Waals surface area contributed by atoms with Crippen molar-refractivity contribution in [1.29, 1.82) is 0 Å². The summed E-state index contributed by atoms with van der Waals surface area (Å²) in [5.41, 5.74) is 5.87. The molecule has 1 aliphatic rings. The highest BCUT2D eigenvalue weighted by atomic mass is 16.2. The lowest BCUT2D eigenvalue weighted by atomic mass is 9.91. The van der Waals surface area contributed by atoms with Crippen molar-refractivity contribution in [1.82, 2.24) is 20.5 Å². The summed E-state index contributed by atoms with van der Waals surface area (Å²) in [5.74, 6) is 0.669. The molecule has 0 radical (unpaired) electrons. The third-order valence-corrected chi connectivity index (χ3v) is 3.53. The Morgan fingerprint density at radius 1 is 1.37 bits per heavy atom. The van der Waals surface area contributed by atoms with Gasteiger partial charge in [0.1, 0.15) is 5.82 Å². The first kappa shape index (κ1) is 14.0. The van der Waals surface area contributed by atoms with Gasteiger partial charge in [0, 0.05) is 17.5 Å². The fourth-order valence-electron chi connectivity index (χ4n) is 2.27. The number of amides is 1. The van der Waals surface area contributed by atoms with E-state index in [0.29, 0.717) is 5.82 Å². The second kappa shape index (κ2) is 5.28. The van der Waals surface area contributed by atoms with Crippen molar-refractivity contribution >= 4 is 5.91 Å². The van der Waals surface area contributed by atoms with E-state index in [1.54, 1.807) is 0 Å². The van der Waals surface area contributed by atoms with Crippen LogP contribution in [-0.4, -0.2) is 33.2 Å². The van der Waals surface area contributed by atoms with Crippen LogP contribution in [0.25, 0.3) is 0 Å². The largest absolute Gasteiger partial charge is 0.345 e. The average Bonchev–Trinajstić information content (AvgIpc) is 2.81. The SMILES string of the molecule is CC(C)(C)c1nc(C(=O)NC2CCCCC2N)n[nH]1. The highest BCUT2D eigenvalue weighted by molar-refractivity contribution is 5.90. The van der Waals surface area contributed by atoms with Crippen molar-refractivity contribution in [2.75, 3.05) is 0 Å². The van der Waals surface area contributed by atoms with Gasteiger partial charge in [-0.15, -0.1) is 5.10 Å². The number of aromatic nitrogens is 3. The molecule has 1 saturated carbocycles. The van der Waals surface area contributed by atoms with Gasteiger partial charge >= 0.3 is 0 Å². The number of nitrogens with two attached hydrogens (primary N) is 1. The molecule has 1 aliphatic carbocycles. The number of carbonyl (C=O) groups excluding carboxylic acids is 1. The Hall–Kier alpha value is -1.43. The Balaban J connectivity index is 2.01. The number of nitrogens with zero attached hydrogens (tertiary/aromatic N) is 2. The number of hydrogen-bond acceptors (Lipinski definition) is 4. The summed E-state index contributed by atoms with van der Waals surface area (Å²) in [7, 11) is 0. The number of hydrogen-bond donors (Lipinski definition) is 3. The van der Waals surface area contributed by atoms with Crippen molar-refractivity contribution in [3.8, 4) is 0 Å². The fourth-order valence-corrected chi connectivity index (χ4v) is 2.27. The van der Waals surface area contributed by atoms with Crippen LogP contribution in [0.4, 0.5) is 0 Å². The number of nitrogens with one attached hydrogen (secondary N) is 2. The van der Waals surface area contributed by atoms with E-state index in [2.05, 4.69) is 20.5 Å². The first-order valence-electron chi connectivity index (χ1n) is 6.87. The minimum Gasteiger partial charge on any atom is -0.345 e. The molecule has 6 heteroatoms. The highest BCUT2D eigenvalue weighted by Gasteiger charge is 2.26. The molecule has 0 bridgehead atoms. The smallest absolute Gasteiger partial charge is 0.291 e. The van der Waals surface area contributed by atoms with Gasteiger partial charge in [-0.05, 0) is 12.8 Å². The number of carbonyl (C=O) groups is 1. The summed E-state index contributed by atoms with van der Waals surface area (Å²) < 4.78 is 0. The lowest BCUT2D eigenvalue weighted by Crippen LogP contribution is -2.49. The summed E-state index contributed by atoms with van der Waals surface area (Å²) in [6, 6.07) is 0.0802. The molecule has 0 aliphatic heterocycles. The number of rotatable bonds is 2.